The molecule has 0 amide bonds. The van der Waals surface area contributed by atoms with E-state index in [0.29, 0.717) is 0 Å². The average molecular weight is 217 g/mol. The van der Waals surface area contributed by atoms with E-state index in [1.54, 1.807) is 0 Å². The van der Waals surface area contributed by atoms with Gasteiger partial charge in [-0.05, 0) is 5.56 Å². The normalized spacial score (nSPS) is 12.4. The van der Waals surface area contributed by atoms with Crippen LogP contribution in [0.2, 0.25) is 0 Å². The van der Waals surface area contributed by atoms with E-state index >= 15 is 0 Å². The third kappa shape index (κ3) is 3.33. The first-order chi connectivity index (χ1) is 7.83. The predicted octanol–water partition coefficient (Wildman–Crippen LogP) is 2.39. The van der Waals surface area contributed by atoms with Gasteiger partial charge in [-0.25, -0.2) is 0 Å². The van der Waals surface area contributed by atoms with Gasteiger partial charge in [-0.3, -0.25) is 4.90 Å². The average Bonchev–Trinajstić information content (AvgIpc) is 2.32. The molecule has 1 N–H and O–H groups in total. The second-order valence-corrected chi connectivity index (χ2v) is 3.64. The van der Waals surface area contributed by atoms with E-state index in [-0.39, 0.29) is 12.6 Å². The molecule has 2 heteroatoms. The van der Waals surface area contributed by atoms with E-state index in [4.69, 9.17) is 0 Å². The summed E-state index contributed by atoms with van der Waals surface area (Å²) in [5.74, 6) is 0. The molecule has 2 nitrogen and oxygen atoms in total. The zero-order chi connectivity index (χ0) is 11.8. The van der Waals surface area contributed by atoms with Crippen LogP contribution in [-0.4, -0.2) is 29.7 Å². The summed E-state index contributed by atoms with van der Waals surface area (Å²) in [7, 11) is 0. The Bertz CT molecular complexity index is 311. The second kappa shape index (κ2) is 6.99. The molecule has 0 fully saturated rings. The predicted molar refractivity (Wildman–Crippen MR) is 68.2 cm³/mol. The lowest BCUT2D eigenvalue weighted by molar-refractivity contribution is 0.146. The first kappa shape index (κ1) is 12.7. The van der Waals surface area contributed by atoms with E-state index < -0.39 is 0 Å². The Labute approximate surface area is 97.5 Å². The number of benzene rings is 1. The molecule has 86 valence electrons. The fraction of sp³-hybridized carbons (Fsp3) is 0.286. The molecule has 1 atom stereocenters. The molecule has 0 aliphatic heterocycles. The maximum atomic E-state index is 9.49. The standard InChI is InChI=1S/C14H19NO/c1-3-10-15(11-4-2)14(12-16)13-8-6-5-7-9-13/h3-9,14,16H,1-2,10-12H2/t14-/m1/s1. The molecular formula is C14H19NO. The van der Waals surface area contributed by atoms with Gasteiger partial charge in [0.1, 0.15) is 0 Å². The van der Waals surface area contributed by atoms with Crippen LogP contribution >= 0.6 is 0 Å². The molecule has 0 unspecified atom stereocenters. The van der Waals surface area contributed by atoms with Crippen molar-refractivity contribution in [3.05, 3.63) is 61.2 Å². The number of hydrogen-bond donors (Lipinski definition) is 1. The zero-order valence-electron chi connectivity index (χ0n) is 9.55. The van der Waals surface area contributed by atoms with E-state index in [1.165, 1.54) is 0 Å². The molecule has 1 aromatic rings. The number of nitrogens with zero attached hydrogens (tertiary/aromatic N) is 1. The molecule has 0 aliphatic carbocycles. The van der Waals surface area contributed by atoms with E-state index in [2.05, 4.69) is 18.1 Å². The third-order valence-electron chi connectivity index (χ3n) is 2.53. The van der Waals surface area contributed by atoms with Crippen LogP contribution in [0.25, 0.3) is 0 Å². The van der Waals surface area contributed by atoms with Crippen molar-refractivity contribution in [2.24, 2.45) is 0 Å². The Morgan fingerprint density at radius 2 is 1.69 bits per heavy atom. The third-order valence-corrected chi connectivity index (χ3v) is 2.53. The summed E-state index contributed by atoms with van der Waals surface area (Å²) in [4.78, 5) is 2.13. The molecule has 1 aromatic carbocycles. The summed E-state index contributed by atoms with van der Waals surface area (Å²) in [6.07, 6.45) is 3.68. The summed E-state index contributed by atoms with van der Waals surface area (Å²) in [6, 6.07) is 10.0. The van der Waals surface area contributed by atoms with Crippen LogP contribution in [0.3, 0.4) is 0 Å². The maximum absolute atomic E-state index is 9.49. The van der Waals surface area contributed by atoms with Gasteiger partial charge in [0.25, 0.3) is 0 Å². The molecule has 0 saturated heterocycles. The lowest BCUT2D eigenvalue weighted by Crippen LogP contribution is -2.31. The minimum Gasteiger partial charge on any atom is -0.394 e. The van der Waals surface area contributed by atoms with E-state index in [1.807, 2.05) is 42.5 Å². The quantitative estimate of drug-likeness (QED) is 0.709. The highest BCUT2D eigenvalue weighted by Gasteiger charge is 2.16. The summed E-state index contributed by atoms with van der Waals surface area (Å²) >= 11 is 0. The number of aliphatic hydroxyl groups excluding tert-OH is 1. The Morgan fingerprint density at radius 3 is 2.12 bits per heavy atom. The van der Waals surface area contributed by atoms with Gasteiger partial charge in [0, 0.05) is 13.1 Å². The number of hydrogen-bond acceptors (Lipinski definition) is 2. The van der Waals surface area contributed by atoms with Gasteiger partial charge in [0.05, 0.1) is 12.6 Å². The minimum atomic E-state index is 0.0113. The van der Waals surface area contributed by atoms with Crippen LogP contribution in [-0.2, 0) is 0 Å². The molecule has 0 radical (unpaired) electrons. The van der Waals surface area contributed by atoms with Crippen LogP contribution in [0.5, 0.6) is 0 Å². The van der Waals surface area contributed by atoms with Crippen LogP contribution in [0.4, 0.5) is 0 Å². The summed E-state index contributed by atoms with van der Waals surface area (Å²) < 4.78 is 0. The van der Waals surface area contributed by atoms with Gasteiger partial charge >= 0.3 is 0 Å². The monoisotopic (exact) mass is 217 g/mol. The Morgan fingerprint density at radius 1 is 1.12 bits per heavy atom. The van der Waals surface area contributed by atoms with Gasteiger partial charge in [-0.1, -0.05) is 42.5 Å². The van der Waals surface area contributed by atoms with Crippen molar-refractivity contribution in [3.8, 4) is 0 Å². The molecule has 16 heavy (non-hydrogen) atoms. The maximum Gasteiger partial charge on any atom is 0.0628 e. The van der Waals surface area contributed by atoms with Crippen molar-refractivity contribution in [1.29, 1.82) is 0 Å². The minimum absolute atomic E-state index is 0.0113. The Balaban J connectivity index is 2.85. The Hall–Kier alpha value is -1.38. The van der Waals surface area contributed by atoms with Crippen molar-refractivity contribution >= 4 is 0 Å². The highest BCUT2D eigenvalue weighted by atomic mass is 16.3. The lowest BCUT2D eigenvalue weighted by Gasteiger charge is -2.28. The molecule has 0 aliphatic rings. The van der Waals surface area contributed by atoms with Crippen molar-refractivity contribution in [1.82, 2.24) is 4.90 Å². The van der Waals surface area contributed by atoms with Crippen molar-refractivity contribution in [3.63, 3.8) is 0 Å². The van der Waals surface area contributed by atoms with Gasteiger partial charge < -0.3 is 5.11 Å². The largest absolute Gasteiger partial charge is 0.394 e. The smallest absolute Gasteiger partial charge is 0.0628 e. The van der Waals surface area contributed by atoms with Crippen molar-refractivity contribution < 1.29 is 5.11 Å². The van der Waals surface area contributed by atoms with Crippen molar-refractivity contribution in [2.75, 3.05) is 19.7 Å². The molecule has 0 bridgehead atoms. The first-order valence-electron chi connectivity index (χ1n) is 5.45. The highest BCUT2D eigenvalue weighted by Crippen LogP contribution is 2.19. The van der Waals surface area contributed by atoms with Gasteiger partial charge in [-0.15, -0.1) is 13.2 Å². The van der Waals surface area contributed by atoms with Gasteiger partial charge in [0.15, 0.2) is 0 Å². The van der Waals surface area contributed by atoms with E-state index in [9.17, 15) is 5.11 Å². The molecule has 0 heterocycles. The Kier molecular flexibility index (Phi) is 5.54. The molecular weight excluding hydrogens is 198 g/mol. The van der Waals surface area contributed by atoms with Crippen LogP contribution < -0.4 is 0 Å². The van der Waals surface area contributed by atoms with Crippen LogP contribution in [0, 0.1) is 0 Å². The highest BCUT2D eigenvalue weighted by molar-refractivity contribution is 5.19. The molecule has 0 spiro atoms. The van der Waals surface area contributed by atoms with Crippen molar-refractivity contribution in [2.45, 2.75) is 6.04 Å². The number of aliphatic hydroxyl groups is 1. The zero-order valence-corrected chi connectivity index (χ0v) is 9.55. The van der Waals surface area contributed by atoms with Crippen LogP contribution in [0.1, 0.15) is 11.6 Å². The second-order valence-electron chi connectivity index (χ2n) is 3.64. The lowest BCUT2D eigenvalue weighted by atomic mass is 10.1. The summed E-state index contributed by atoms with van der Waals surface area (Å²) in [5.41, 5.74) is 1.12. The topological polar surface area (TPSA) is 23.5 Å². The summed E-state index contributed by atoms with van der Waals surface area (Å²) in [5, 5.41) is 9.49. The number of rotatable bonds is 7. The molecule has 0 saturated carbocycles. The van der Waals surface area contributed by atoms with Crippen LogP contribution in [0.15, 0.2) is 55.6 Å². The SMILES string of the molecule is C=CCN(CC=C)[C@H](CO)c1ccccc1. The van der Waals surface area contributed by atoms with E-state index in [0.717, 1.165) is 18.7 Å². The molecule has 1 rings (SSSR count). The molecule has 0 aromatic heterocycles. The summed E-state index contributed by atoms with van der Waals surface area (Å²) in [6.45, 7) is 9.06. The fourth-order valence-electron chi connectivity index (χ4n) is 1.77. The first-order valence-corrected chi connectivity index (χ1v) is 5.45. The van der Waals surface area contributed by atoms with Gasteiger partial charge in [-0.2, -0.15) is 0 Å². The van der Waals surface area contributed by atoms with Gasteiger partial charge in [0.2, 0.25) is 0 Å². The fourth-order valence-corrected chi connectivity index (χ4v) is 1.77.